The van der Waals surface area contributed by atoms with Gasteiger partial charge in [-0.2, -0.15) is 17.5 Å². The van der Waals surface area contributed by atoms with Gasteiger partial charge in [0.1, 0.15) is 17.4 Å². The number of halogens is 3. The largest absolute Gasteiger partial charge is 0.497 e. The van der Waals surface area contributed by atoms with Crippen LogP contribution in [-0.2, 0) is 40.3 Å². The van der Waals surface area contributed by atoms with Crippen molar-refractivity contribution in [3.63, 3.8) is 0 Å². The Hall–Kier alpha value is -3.22. The van der Waals surface area contributed by atoms with Gasteiger partial charge < -0.3 is 14.4 Å². The molecule has 1 fully saturated rings. The van der Waals surface area contributed by atoms with Crippen molar-refractivity contribution < 1.29 is 31.1 Å². The van der Waals surface area contributed by atoms with Crippen LogP contribution >= 0.6 is 0 Å². The van der Waals surface area contributed by atoms with Gasteiger partial charge >= 0.3 is 6.18 Å². The number of aromatic nitrogens is 2. The smallest absolute Gasteiger partial charge is 0.416 e. The number of hydrogen-bond acceptors (Lipinski definition) is 7. The summed E-state index contributed by atoms with van der Waals surface area (Å²) in [5.74, 6) is 1.97. The number of hydrogen-bond donors (Lipinski definition) is 0. The summed E-state index contributed by atoms with van der Waals surface area (Å²) in [7, 11) is -2.58. The number of benzene rings is 2. The van der Waals surface area contributed by atoms with E-state index < -0.39 is 21.8 Å². The molecule has 38 heavy (non-hydrogen) atoms. The van der Waals surface area contributed by atoms with Gasteiger partial charge in [0.15, 0.2) is 0 Å². The molecule has 3 aromatic rings. The monoisotopic (exact) mass is 548 g/mol. The van der Waals surface area contributed by atoms with Crippen molar-refractivity contribution in [3.8, 4) is 5.75 Å². The molecule has 2 aromatic carbocycles. The van der Waals surface area contributed by atoms with Crippen LogP contribution < -0.4 is 9.64 Å². The third kappa shape index (κ3) is 5.47. The SMILES string of the molecule is COc1cccc(Cc2nc3c(c(N4CCOCC4)n2)CN(S(=O)(=O)c2cccc(C(F)(F)F)c2)CC3)c1. The zero-order valence-electron chi connectivity index (χ0n) is 20.7. The summed E-state index contributed by atoms with van der Waals surface area (Å²) >= 11 is 0. The molecule has 0 aliphatic carbocycles. The lowest BCUT2D eigenvalue weighted by Gasteiger charge is -2.34. The van der Waals surface area contributed by atoms with Gasteiger partial charge in [0, 0.05) is 44.6 Å². The van der Waals surface area contributed by atoms with E-state index in [-0.39, 0.29) is 18.0 Å². The van der Waals surface area contributed by atoms with Crippen molar-refractivity contribution in [1.29, 1.82) is 0 Å². The first-order valence-corrected chi connectivity index (χ1v) is 13.6. The number of methoxy groups -OCH3 is 1. The van der Waals surface area contributed by atoms with E-state index in [1.807, 2.05) is 24.3 Å². The van der Waals surface area contributed by atoms with Gasteiger partial charge in [-0.3, -0.25) is 0 Å². The molecule has 0 atom stereocenters. The van der Waals surface area contributed by atoms with Gasteiger partial charge in [-0.05, 0) is 35.9 Å². The molecule has 8 nitrogen and oxygen atoms in total. The Balaban J connectivity index is 1.49. The predicted molar refractivity (Wildman–Crippen MR) is 134 cm³/mol. The predicted octanol–water partition coefficient (Wildman–Crippen LogP) is 3.68. The molecule has 1 saturated heterocycles. The summed E-state index contributed by atoms with van der Waals surface area (Å²) in [6.45, 7) is 2.27. The summed E-state index contributed by atoms with van der Waals surface area (Å²) in [5.41, 5.74) is 1.38. The third-order valence-corrected chi connectivity index (χ3v) is 8.50. The number of anilines is 1. The van der Waals surface area contributed by atoms with Crippen LogP contribution in [0.4, 0.5) is 19.0 Å². The number of fused-ring (bicyclic) bond motifs is 1. The minimum absolute atomic E-state index is 0.0277. The second kappa shape index (κ2) is 10.5. The number of alkyl halides is 3. The van der Waals surface area contributed by atoms with Crippen LogP contribution in [0.1, 0.15) is 28.2 Å². The topological polar surface area (TPSA) is 84.9 Å². The molecule has 3 heterocycles. The van der Waals surface area contributed by atoms with E-state index in [0.29, 0.717) is 62.4 Å². The summed E-state index contributed by atoms with van der Waals surface area (Å²) in [4.78, 5) is 11.3. The minimum Gasteiger partial charge on any atom is -0.497 e. The molecule has 2 aliphatic heterocycles. The van der Waals surface area contributed by atoms with E-state index >= 15 is 0 Å². The second-order valence-electron chi connectivity index (χ2n) is 9.13. The summed E-state index contributed by atoms with van der Waals surface area (Å²) < 4.78 is 78.6. The summed E-state index contributed by atoms with van der Waals surface area (Å²) in [5, 5.41) is 0. The fourth-order valence-corrected chi connectivity index (χ4v) is 6.14. The van der Waals surface area contributed by atoms with E-state index in [4.69, 9.17) is 19.4 Å². The van der Waals surface area contributed by atoms with E-state index in [1.54, 1.807) is 7.11 Å². The highest BCUT2D eigenvalue weighted by Crippen LogP contribution is 2.34. The Kier molecular flexibility index (Phi) is 7.30. The first-order valence-electron chi connectivity index (χ1n) is 12.2. The number of sulfonamides is 1. The average Bonchev–Trinajstić information content (AvgIpc) is 2.92. The van der Waals surface area contributed by atoms with Gasteiger partial charge in [0.2, 0.25) is 10.0 Å². The Morgan fingerprint density at radius 1 is 1.03 bits per heavy atom. The first-order chi connectivity index (χ1) is 18.1. The standard InChI is InChI=1S/C26H27F3N4O4S/c1-36-20-6-2-4-18(14-20)15-24-30-23-8-9-33(17-22(23)25(31-24)32-10-12-37-13-11-32)38(34,35)21-7-3-5-19(16-21)26(27,28)29/h2-7,14,16H,8-13,15,17H2,1H3. The molecular weight excluding hydrogens is 521 g/mol. The van der Waals surface area contributed by atoms with Gasteiger partial charge in [-0.1, -0.05) is 18.2 Å². The minimum atomic E-state index is -4.64. The van der Waals surface area contributed by atoms with Gasteiger partial charge in [-0.15, -0.1) is 0 Å². The summed E-state index contributed by atoms with van der Waals surface area (Å²) in [6, 6.07) is 11.5. The van der Waals surface area contributed by atoms with Crippen molar-refractivity contribution in [2.45, 2.75) is 30.5 Å². The maximum atomic E-state index is 13.4. The maximum absolute atomic E-state index is 13.4. The quantitative estimate of drug-likeness (QED) is 0.465. The van der Waals surface area contributed by atoms with Crippen LogP contribution in [0.3, 0.4) is 0 Å². The van der Waals surface area contributed by atoms with Crippen LogP contribution in [0.15, 0.2) is 53.4 Å². The van der Waals surface area contributed by atoms with E-state index in [1.165, 1.54) is 10.4 Å². The summed E-state index contributed by atoms with van der Waals surface area (Å²) in [6.07, 6.45) is -3.86. The Bertz CT molecular complexity index is 1430. The fraction of sp³-hybridized carbons (Fsp3) is 0.385. The Labute approximate surface area is 219 Å². The van der Waals surface area contributed by atoms with Crippen LogP contribution in [0.5, 0.6) is 5.75 Å². The van der Waals surface area contributed by atoms with Gasteiger partial charge in [0.05, 0.1) is 36.5 Å². The molecule has 12 heteroatoms. The van der Waals surface area contributed by atoms with Gasteiger partial charge in [-0.25, -0.2) is 18.4 Å². The molecule has 5 rings (SSSR count). The van der Waals surface area contributed by atoms with E-state index in [0.717, 1.165) is 29.1 Å². The van der Waals surface area contributed by atoms with Crippen molar-refractivity contribution in [3.05, 3.63) is 76.7 Å². The molecule has 0 radical (unpaired) electrons. The molecule has 0 bridgehead atoms. The average molecular weight is 549 g/mol. The molecule has 0 saturated carbocycles. The van der Waals surface area contributed by atoms with Crippen molar-refractivity contribution in [1.82, 2.24) is 14.3 Å². The van der Waals surface area contributed by atoms with Gasteiger partial charge in [0.25, 0.3) is 0 Å². The maximum Gasteiger partial charge on any atom is 0.416 e. The number of morpholine rings is 1. The molecule has 202 valence electrons. The van der Waals surface area contributed by atoms with E-state index in [2.05, 4.69) is 4.90 Å². The highest BCUT2D eigenvalue weighted by atomic mass is 32.2. The van der Waals surface area contributed by atoms with Crippen molar-refractivity contribution in [2.75, 3.05) is 44.9 Å². The van der Waals surface area contributed by atoms with Crippen molar-refractivity contribution >= 4 is 15.8 Å². The highest BCUT2D eigenvalue weighted by molar-refractivity contribution is 7.89. The third-order valence-electron chi connectivity index (χ3n) is 6.66. The number of nitrogens with zero attached hydrogens (tertiary/aromatic N) is 4. The zero-order chi connectivity index (χ0) is 26.9. The molecular formula is C26H27F3N4O4S. The molecule has 0 spiro atoms. The van der Waals surface area contributed by atoms with Crippen molar-refractivity contribution in [2.24, 2.45) is 0 Å². The highest BCUT2D eigenvalue weighted by Gasteiger charge is 2.35. The number of rotatable bonds is 6. The zero-order valence-corrected chi connectivity index (χ0v) is 21.6. The van der Waals surface area contributed by atoms with Crippen LogP contribution in [0.25, 0.3) is 0 Å². The molecule has 1 aromatic heterocycles. The normalized spacial score (nSPS) is 16.8. The van der Waals surface area contributed by atoms with Crippen LogP contribution in [0, 0.1) is 0 Å². The van der Waals surface area contributed by atoms with Crippen LogP contribution in [-0.4, -0.2) is 62.6 Å². The Morgan fingerprint density at radius 3 is 2.53 bits per heavy atom. The lowest BCUT2D eigenvalue weighted by Crippen LogP contribution is -2.41. The molecule has 0 amide bonds. The lowest BCUT2D eigenvalue weighted by atomic mass is 10.1. The molecule has 2 aliphatic rings. The molecule has 0 unspecified atom stereocenters. The Morgan fingerprint density at radius 2 is 1.79 bits per heavy atom. The fourth-order valence-electron chi connectivity index (χ4n) is 4.69. The van der Waals surface area contributed by atoms with Crippen LogP contribution in [0.2, 0.25) is 0 Å². The lowest BCUT2D eigenvalue weighted by molar-refractivity contribution is -0.137. The first kappa shape index (κ1) is 26.4. The number of ether oxygens (including phenoxy) is 2. The van der Waals surface area contributed by atoms with E-state index in [9.17, 15) is 21.6 Å². The second-order valence-corrected chi connectivity index (χ2v) is 11.1. The molecule has 0 N–H and O–H groups in total.